The predicted molar refractivity (Wildman–Crippen MR) is 102 cm³/mol. The van der Waals surface area contributed by atoms with Gasteiger partial charge in [0, 0.05) is 12.6 Å². The number of hydrogen-bond donors (Lipinski definition) is 3. The highest BCUT2D eigenvalue weighted by molar-refractivity contribution is 6.50. The van der Waals surface area contributed by atoms with Crippen molar-refractivity contribution in [3.8, 4) is 0 Å². The Labute approximate surface area is 198 Å². The molecule has 3 aliphatic rings. The number of rotatable bonds is 3. The van der Waals surface area contributed by atoms with Gasteiger partial charge in [-0.3, -0.25) is 10.9 Å². The van der Waals surface area contributed by atoms with Gasteiger partial charge in [-0.05, 0) is 24.3 Å². The second-order valence-corrected chi connectivity index (χ2v) is 9.87. The minimum absolute atomic E-state index is 0.110. The van der Waals surface area contributed by atoms with Crippen molar-refractivity contribution in [1.29, 1.82) is 0 Å². The van der Waals surface area contributed by atoms with Crippen molar-refractivity contribution in [3.63, 3.8) is 0 Å². The fraction of sp³-hybridized carbons (Fsp3) is 0.882. The summed E-state index contributed by atoms with van der Waals surface area (Å²) >= 11 is 0. The van der Waals surface area contributed by atoms with Gasteiger partial charge in [0.1, 0.15) is 23.8 Å². The van der Waals surface area contributed by atoms with Crippen LogP contribution in [0.15, 0.2) is 11.8 Å². The van der Waals surface area contributed by atoms with Crippen LogP contribution in [-0.2, 0) is 0 Å². The molecule has 3 N–H and O–H groups in total. The summed E-state index contributed by atoms with van der Waals surface area (Å²) in [4.78, 5) is 0.466. The third-order valence-corrected chi connectivity index (χ3v) is 6.16. The van der Waals surface area contributed by atoms with Crippen LogP contribution in [0.4, 0.5) is 52.7 Å². The standard InChI is InChI=1S/C17H23BF12N6/c1-13(2,3)8-4-5-34(31-8)18(35-11(16(25,26)27)6-9(32-35)14(19,20)21)36-12(17(28,29)30)7-10(33-36)15(22,23)24/h6,8-10,12,31-33H,4-5,7H2,1-3H3. The molecule has 208 valence electrons. The van der Waals surface area contributed by atoms with Crippen molar-refractivity contribution < 1.29 is 52.7 Å². The number of halogens is 12. The van der Waals surface area contributed by atoms with Crippen LogP contribution in [0, 0.1) is 5.41 Å². The van der Waals surface area contributed by atoms with E-state index in [0.29, 0.717) is 0 Å². The van der Waals surface area contributed by atoms with E-state index in [9.17, 15) is 52.7 Å². The predicted octanol–water partition coefficient (Wildman–Crippen LogP) is 3.87. The van der Waals surface area contributed by atoms with Gasteiger partial charge in [-0.15, -0.1) is 0 Å². The largest absolute Gasteiger partial charge is 0.481 e. The van der Waals surface area contributed by atoms with Crippen molar-refractivity contribution in [2.75, 3.05) is 6.54 Å². The molecule has 4 atom stereocenters. The van der Waals surface area contributed by atoms with Gasteiger partial charge in [-0.2, -0.15) is 52.7 Å². The molecule has 3 aliphatic heterocycles. The van der Waals surface area contributed by atoms with Crippen LogP contribution >= 0.6 is 0 Å². The number of alkyl halides is 12. The van der Waals surface area contributed by atoms with Gasteiger partial charge in [0.25, 0.3) is 0 Å². The van der Waals surface area contributed by atoms with Gasteiger partial charge < -0.3 is 4.92 Å². The lowest BCUT2D eigenvalue weighted by Gasteiger charge is -2.42. The summed E-state index contributed by atoms with van der Waals surface area (Å²) in [5, 5.41) is 0. The zero-order valence-electron chi connectivity index (χ0n) is 19.0. The molecule has 19 heteroatoms. The molecule has 3 rings (SSSR count). The maximum atomic E-state index is 13.8. The molecule has 2 fully saturated rings. The van der Waals surface area contributed by atoms with Crippen LogP contribution in [-0.4, -0.2) is 77.3 Å². The molecule has 36 heavy (non-hydrogen) atoms. The molecular weight excluding hydrogens is 527 g/mol. The van der Waals surface area contributed by atoms with Gasteiger partial charge in [-0.25, -0.2) is 15.3 Å². The van der Waals surface area contributed by atoms with Crippen LogP contribution in [0.5, 0.6) is 0 Å². The van der Waals surface area contributed by atoms with Crippen LogP contribution in [0.1, 0.15) is 33.6 Å². The Morgan fingerprint density at radius 1 is 0.778 bits per heavy atom. The van der Waals surface area contributed by atoms with Gasteiger partial charge in [0.05, 0.1) is 0 Å². The van der Waals surface area contributed by atoms with Gasteiger partial charge in [0.2, 0.25) is 0 Å². The Balaban J connectivity index is 2.10. The zero-order valence-corrected chi connectivity index (χ0v) is 19.0. The lowest BCUT2D eigenvalue weighted by molar-refractivity contribution is -0.173. The highest BCUT2D eigenvalue weighted by Crippen LogP contribution is 2.42. The Hall–Kier alpha value is -1.44. The first-order valence-electron chi connectivity index (χ1n) is 10.6. The summed E-state index contributed by atoms with van der Waals surface area (Å²) in [6.07, 6.45) is -23.1. The van der Waals surface area contributed by atoms with Crippen molar-refractivity contribution in [2.24, 2.45) is 5.41 Å². The van der Waals surface area contributed by atoms with E-state index >= 15 is 0 Å². The van der Waals surface area contributed by atoms with Crippen molar-refractivity contribution in [3.05, 3.63) is 11.8 Å². The monoisotopic (exact) mass is 550 g/mol. The molecule has 2 saturated heterocycles. The lowest BCUT2D eigenvalue weighted by Crippen LogP contribution is -2.73. The molecule has 0 aromatic heterocycles. The van der Waals surface area contributed by atoms with Crippen LogP contribution < -0.4 is 16.3 Å². The molecule has 0 amide bonds. The quantitative estimate of drug-likeness (QED) is 0.367. The molecule has 0 aromatic carbocycles. The second kappa shape index (κ2) is 9.09. The molecule has 0 spiro atoms. The smallest absolute Gasteiger partial charge is 0.313 e. The summed E-state index contributed by atoms with van der Waals surface area (Å²) < 4.78 is 163. The average molecular weight is 550 g/mol. The molecule has 6 nitrogen and oxygen atoms in total. The van der Waals surface area contributed by atoms with E-state index in [0.717, 1.165) is 4.92 Å². The van der Waals surface area contributed by atoms with Gasteiger partial charge >= 0.3 is 31.8 Å². The summed E-state index contributed by atoms with van der Waals surface area (Å²) in [5.41, 5.74) is 3.17. The van der Waals surface area contributed by atoms with Gasteiger partial charge in [-0.1, -0.05) is 20.8 Å². The van der Waals surface area contributed by atoms with Crippen LogP contribution in [0.2, 0.25) is 0 Å². The number of hydrazine groups is 3. The Morgan fingerprint density at radius 2 is 1.36 bits per heavy atom. The van der Waals surface area contributed by atoms with E-state index in [1.807, 2.05) is 0 Å². The Morgan fingerprint density at radius 3 is 1.78 bits per heavy atom. The fourth-order valence-electron chi connectivity index (χ4n) is 4.29. The van der Waals surface area contributed by atoms with Crippen LogP contribution in [0.3, 0.4) is 0 Å². The van der Waals surface area contributed by atoms with Gasteiger partial charge in [0.15, 0.2) is 0 Å². The molecular formula is C17H23BF12N6. The van der Waals surface area contributed by atoms with E-state index in [1.165, 1.54) is 5.43 Å². The highest BCUT2D eigenvalue weighted by Gasteiger charge is 2.63. The molecule has 0 bridgehead atoms. The summed E-state index contributed by atoms with van der Waals surface area (Å²) in [6.45, 7) is 4.82. The van der Waals surface area contributed by atoms with Crippen LogP contribution in [0.25, 0.3) is 0 Å². The fourth-order valence-corrected chi connectivity index (χ4v) is 4.29. The average Bonchev–Trinajstić information content (AvgIpc) is 3.38. The molecule has 0 radical (unpaired) electrons. The molecule has 0 aliphatic carbocycles. The maximum absolute atomic E-state index is 13.8. The number of nitrogens with zero attached hydrogens (tertiary/aromatic N) is 3. The molecule has 0 aromatic rings. The maximum Gasteiger partial charge on any atom is 0.481 e. The SMILES string of the molecule is CC(C)(C)C1CCN(B(N2NC(C(F)(F)F)C=C2C(F)(F)F)N2NC(C(F)(F)F)CC2C(F)(F)F)N1. The van der Waals surface area contributed by atoms with E-state index in [1.54, 1.807) is 26.2 Å². The highest BCUT2D eigenvalue weighted by atomic mass is 19.4. The molecule has 4 unspecified atom stereocenters. The summed E-state index contributed by atoms with van der Waals surface area (Å²) in [7, 11) is -2.42. The normalized spacial score (nSPS) is 29.9. The minimum atomic E-state index is -5.48. The number of hydrogen-bond acceptors (Lipinski definition) is 6. The van der Waals surface area contributed by atoms with Crippen molar-refractivity contribution in [2.45, 2.75) is 82.5 Å². The third-order valence-electron chi connectivity index (χ3n) is 6.16. The summed E-state index contributed by atoms with van der Waals surface area (Å²) in [5.74, 6) is 0. The van der Waals surface area contributed by atoms with E-state index in [2.05, 4.69) is 5.43 Å². The minimum Gasteiger partial charge on any atom is -0.313 e. The summed E-state index contributed by atoms with van der Waals surface area (Å²) in [6, 6.07) is -9.26. The Kier molecular flexibility index (Phi) is 7.36. The van der Waals surface area contributed by atoms with E-state index in [4.69, 9.17) is 0 Å². The zero-order chi connectivity index (χ0) is 27.6. The number of allylic oxidation sites excluding steroid dienone is 1. The van der Waals surface area contributed by atoms with E-state index in [-0.39, 0.29) is 28.9 Å². The molecule has 3 heterocycles. The third kappa shape index (κ3) is 6.00. The van der Waals surface area contributed by atoms with E-state index < -0.39 is 73.5 Å². The topological polar surface area (TPSA) is 45.8 Å². The first-order chi connectivity index (χ1) is 16.0. The Bertz CT molecular complexity index is 832. The van der Waals surface area contributed by atoms with Crippen molar-refractivity contribution in [1.82, 2.24) is 31.0 Å². The number of nitrogens with one attached hydrogen (secondary N) is 3. The van der Waals surface area contributed by atoms with Crippen molar-refractivity contribution >= 4 is 7.12 Å². The lowest BCUT2D eigenvalue weighted by atomic mass is 9.86. The first kappa shape index (κ1) is 29.1. The first-order valence-corrected chi connectivity index (χ1v) is 10.6. The molecule has 0 saturated carbocycles. The second-order valence-electron chi connectivity index (χ2n) is 9.87.